The van der Waals surface area contributed by atoms with Crippen LogP contribution in [0.25, 0.3) is 0 Å². The van der Waals surface area contributed by atoms with Crippen molar-refractivity contribution in [1.29, 1.82) is 0 Å². The molecule has 4 nitrogen and oxygen atoms in total. The Bertz CT molecular complexity index is 521. The van der Waals surface area contributed by atoms with Gasteiger partial charge in [-0.15, -0.1) is 0 Å². The number of benzene rings is 1. The normalized spacial score (nSPS) is 12.9. The molecule has 1 unspecified atom stereocenters. The second kappa shape index (κ2) is 14.3. The summed E-state index contributed by atoms with van der Waals surface area (Å²) in [4.78, 5) is 10.7. The van der Waals surface area contributed by atoms with Gasteiger partial charge >= 0.3 is 0 Å². The molecule has 0 aliphatic carbocycles. The predicted octanol–water partition coefficient (Wildman–Crippen LogP) is 4.84. The van der Waals surface area contributed by atoms with E-state index in [0.29, 0.717) is 5.92 Å². The number of nitrogens with one attached hydrogen (secondary N) is 1. The number of nitrogen functional groups attached to an aromatic ring is 1. The molecule has 0 spiro atoms. The van der Waals surface area contributed by atoms with Crippen LogP contribution in [-0.2, 0) is 4.79 Å². The number of anilines is 1. The van der Waals surface area contributed by atoms with Crippen LogP contribution in [0.1, 0.15) is 53.4 Å². The van der Waals surface area contributed by atoms with Crippen molar-refractivity contribution in [2.75, 3.05) is 5.43 Å². The summed E-state index contributed by atoms with van der Waals surface area (Å²) < 4.78 is 0. The number of unbranched alkanes of at least 4 members (excludes halogenated alkanes) is 1. The molecule has 0 radical (unpaired) electrons. The number of para-hydroxylation sites is 1. The SMILES string of the molecule is CC(C)C(N)C/C=C/CC/C=C/CC(C)(C)C=O.NNc1ccccc1. The average Bonchev–Trinajstić information content (AvgIpc) is 2.64. The lowest BCUT2D eigenvalue weighted by Crippen LogP contribution is -2.25. The highest BCUT2D eigenvalue weighted by atomic mass is 16.1. The van der Waals surface area contributed by atoms with Crippen molar-refractivity contribution >= 4 is 12.0 Å². The molecule has 26 heavy (non-hydrogen) atoms. The molecule has 0 amide bonds. The monoisotopic (exact) mass is 359 g/mol. The van der Waals surface area contributed by atoms with Gasteiger partial charge in [0.05, 0.1) is 0 Å². The van der Waals surface area contributed by atoms with Crippen molar-refractivity contribution in [2.45, 2.75) is 59.4 Å². The molecule has 0 aliphatic heterocycles. The number of allylic oxidation sites excluding steroid dienone is 3. The molecule has 0 aliphatic rings. The van der Waals surface area contributed by atoms with E-state index < -0.39 is 0 Å². The van der Waals surface area contributed by atoms with Gasteiger partial charge in [-0.05, 0) is 43.7 Å². The zero-order valence-corrected chi connectivity index (χ0v) is 16.8. The minimum absolute atomic E-state index is 0.226. The highest BCUT2D eigenvalue weighted by molar-refractivity contribution is 5.58. The summed E-state index contributed by atoms with van der Waals surface area (Å²) in [6.07, 6.45) is 13.5. The predicted molar refractivity (Wildman–Crippen MR) is 114 cm³/mol. The lowest BCUT2D eigenvalue weighted by atomic mass is 9.91. The van der Waals surface area contributed by atoms with Crippen molar-refractivity contribution in [3.63, 3.8) is 0 Å². The Morgan fingerprint density at radius 2 is 1.62 bits per heavy atom. The van der Waals surface area contributed by atoms with Gasteiger partial charge in [0.25, 0.3) is 0 Å². The van der Waals surface area contributed by atoms with E-state index in [1.165, 1.54) is 0 Å². The minimum atomic E-state index is -0.226. The van der Waals surface area contributed by atoms with Gasteiger partial charge in [0, 0.05) is 17.1 Å². The zero-order valence-electron chi connectivity index (χ0n) is 16.8. The van der Waals surface area contributed by atoms with E-state index in [0.717, 1.165) is 37.7 Å². The molecule has 1 aromatic rings. The fourth-order valence-corrected chi connectivity index (χ4v) is 1.92. The summed E-state index contributed by atoms with van der Waals surface area (Å²) in [5.41, 5.74) is 9.18. The van der Waals surface area contributed by atoms with E-state index >= 15 is 0 Å². The summed E-state index contributed by atoms with van der Waals surface area (Å²) in [5, 5.41) is 0. The van der Waals surface area contributed by atoms with Gasteiger partial charge in [0.15, 0.2) is 0 Å². The van der Waals surface area contributed by atoms with Crippen LogP contribution >= 0.6 is 0 Å². The molecule has 0 aromatic heterocycles. The largest absolute Gasteiger partial charge is 0.327 e. The minimum Gasteiger partial charge on any atom is -0.327 e. The molecule has 0 fully saturated rings. The number of nitrogens with two attached hydrogens (primary N) is 2. The number of hydrogen-bond donors (Lipinski definition) is 3. The molecule has 0 bridgehead atoms. The standard InChI is InChI=1S/C16H29NO.C6H8N2/c1-14(2)15(17)11-9-7-5-6-8-10-12-16(3,4)13-18;7-8-6-4-2-1-3-5-6/h7-10,13-15H,5-6,11-12,17H2,1-4H3;1-5,8H,7H2/b9-7+,10-8+;. The van der Waals surface area contributed by atoms with Crippen LogP contribution < -0.4 is 17.0 Å². The molecule has 4 heteroatoms. The third-order valence-corrected chi connectivity index (χ3v) is 4.00. The summed E-state index contributed by atoms with van der Waals surface area (Å²) in [7, 11) is 0. The van der Waals surface area contributed by atoms with Gasteiger partial charge in [-0.3, -0.25) is 5.84 Å². The number of aldehydes is 1. The first-order chi connectivity index (χ1) is 12.3. The second-order valence-electron chi connectivity index (χ2n) is 7.48. The molecule has 146 valence electrons. The summed E-state index contributed by atoms with van der Waals surface area (Å²) in [6.45, 7) is 8.21. The van der Waals surface area contributed by atoms with Gasteiger partial charge in [0.1, 0.15) is 6.29 Å². The van der Waals surface area contributed by atoms with Gasteiger partial charge in [-0.1, -0.05) is 70.2 Å². The first-order valence-corrected chi connectivity index (χ1v) is 9.36. The Balaban J connectivity index is 0.000000642. The molecule has 1 atom stereocenters. The van der Waals surface area contributed by atoms with Crippen LogP contribution in [0.3, 0.4) is 0 Å². The Morgan fingerprint density at radius 3 is 2.08 bits per heavy atom. The van der Waals surface area contributed by atoms with E-state index in [4.69, 9.17) is 11.6 Å². The van der Waals surface area contributed by atoms with Gasteiger partial charge < -0.3 is 16.0 Å². The molecule has 0 saturated carbocycles. The van der Waals surface area contributed by atoms with E-state index in [2.05, 4.69) is 43.6 Å². The molecule has 0 saturated heterocycles. The zero-order chi connectivity index (χ0) is 19.8. The van der Waals surface area contributed by atoms with Crippen LogP contribution in [0.15, 0.2) is 54.6 Å². The van der Waals surface area contributed by atoms with E-state index in [1.54, 1.807) is 0 Å². The smallest absolute Gasteiger partial charge is 0.125 e. The average molecular weight is 360 g/mol. The highest BCUT2D eigenvalue weighted by Crippen LogP contribution is 2.17. The van der Waals surface area contributed by atoms with Crippen LogP contribution in [0.4, 0.5) is 5.69 Å². The maximum atomic E-state index is 10.7. The van der Waals surface area contributed by atoms with E-state index in [-0.39, 0.29) is 11.5 Å². The van der Waals surface area contributed by atoms with Crippen molar-refractivity contribution in [1.82, 2.24) is 0 Å². The van der Waals surface area contributed by atoms with Crippen molar-refractivity contribution in [3.8, 4) is 0 Å². The topological polar surface area (TPSA) is 81.1 Å². The van der Waals surface area contributed by atoms with Gasteiger partial charge in [0.2, 0.25) is 0 Å². The maximum absolute atomic E-state index is 10.7. The number of carbonyl (C=O) groups excluding carboxylic acids is 1. The number of hydrogen-bond acceptors (Lipinski definition) is 4. The van der Waals surface area contributed by atoms with Crippen LogP contribution in [0.2, 0.25) is 0 Å². The molecule has 0 heterocycles. The second-order valence-corrected chi connectivity index (χ2v) is 7.48. The fraction of sp³-hybridized carbons (Fsp3) is 0.500. The fourth-order valence-electron chi connectivity index (χ4n) is 1.92. The van der Waals surface area contributed by atoms with Crippen LogP contribution in [-0.4, -0.2) is 12.3 Å². The Morgan fingerprint density at radius 1 is 1.04 bits per heavy atom. The van der Waals surface area contributed by atoms with E-state index in [9.17, 15) is 4.79 Å². The van der Waals surface area contributed by atoms with Crippen LogP contribution in [0, 0.1) is 11.3 Å². The summed E-state index contributed by atoms with van der Waals surface area (Å²) >= 11 is 0. The maximum Gasteiger partial charge on any atom is 0.125 e. The highest BCUT2D eigenvalue weighted by Gasteiger charge is 2.13. The van der Waals surface area contributed by atoms with Crippen molar-refractivity contribution in [3.05, 3.63) is 54.6 Å². The first-order valence-electron chi connectivity index (χ1n) is 9.36. The van der Waals surface area contributed by atoms with Gasteiger partial charge in [-0.25, -0.2) is 0 Å². The third kappa shape index (κ3) is 13.4. The Hall–Kier alpha value is -1.91. The number of hydrazine groups is 1. The molecule has 1 rings (SSSR count). The van der Waals surface area contributed by atoms with Crippen molar-refractivity contribution < 1.29 is 4.79 Å². The Labute approximate surface area is 159 Å². The molecular weight excluding hydrogens is 322 g/mol. The quantitative estimate of drug-likeness (QED) is 0.184. The molecule has 5 N–H and O–H groups in total. The molecule has 1 aromatic carbocycles. The summed E-state index contributed by atoms with van der Waals surface area (Å²) in [5.74, 6) is 5.64. The number of carbonyl (C=O) groups is 1. The van der Waals surface area contributed by atoms with Crippen LogP contribution in [0.5, 0.6) is 0 Å². The Kier molecular flexibility index (Phi) is 13.2. The first kappa shape index (κ1) is 24.1. The number of rotatable bonds is 10. The van der Waals surface area contributed by atoms with Crippen molar-refractivity contribution in [2.24, 2.45) is 22.9 Å². The lowest BCUT2D eigenvalue weighted by molar-refractivity contribution is -0.114. The molecular formula is C22H37N3O. The lowest BCUT2D eigenvalue weighted by Gasteiger charge is -2.12. The summed E-state index contributed by atoms with van der Waals surface area (Å²) in [6, 6.07) is 9.87. The van der Waals surface area contributed by atoms with Gasteiger partial charge in [-0.2, -0.15) is 0 Å². The third-order valence-electron chi connectivity index (χ3n) is 4.00. The van der Waals surface area contributed by atoms with E-state index in [1.807, 2.05) is 44.2 Å².